The lowest BCUT2D eigenvalue weighted by molar-refractivity contribution is -0.121. The minimum atomic E-state index is -0.236. The number of benzene rings is 3. The number of carbonyl (C=O) groups excluding carboxylic acids is 2. The largest absolute Gasteiger partial charge is 0.489 e. The molecule has 0 aliphatic carbocycles. The van der Waals surface area contributed by atoms with Crippen LogP contribution < -0.4 is 15.5 Å². The maximum atomic E-state index is 11.9. The molecule has 0 aliphatic heterocycles. The summed E-state index contributed by atoms with van der Waals surface area (Å²) in [5, 5.41) is 6.77. The Kier molecular flexibility index (Phi) is 9.01. The highest BCUT2D eigenvalue weighted by Crippen LogP contribution is 2.15. The molecule has 0 aliphatic rings. The Morgan fingerprint density at radius 3 is 2.28 bits per heavy atom. The third kappa shape index (κ3) is 8.35. The Bertz CT molecular complexity index is 1040. The van der Waals surface area contributed by atoms with E-state index in [0.29, 0.717) is 13.0 Å². The third-order valence-corrected chi connectivity index (χ3v) is 5.00. The molecule has 3 rings (SSSR count). The van der Waals surface area contributed by atoms with Gasteiger partial charge in [-0.15, -0.1) is 0 Å². The van der Waals surface area contributed by atoms with Gasteiger partial charge in [0.25, 0.3) is 0 Å². The van der Waals surface area contributed by atoms with Crippen LogP contribution in [-0.2, 0) is 16.2 Å². The number of hydrogen-bond acceptors (Lipinski definition) is 4. The van der Waals surface area contributed by atoms with Crippen LogP contribution in [0.4, 0.5) is 5.69 Å². The van der Waals surface area contributed by atoms with Gasteiger partial charge in [-0.3, -0.25) is 9.59 Å². The molecule has 2 N–H and O–H groups in total. The van der Waals surface area contributed by atoms with Gasteiger partial charge in [-0.05, 0) is 66.1 Å². The maximum absolute atomic E-state index is 11.9. The smallest absolute Gasteiger partial charge is 0.240 e. The van der Waals surface area contributed by atoms with E-state index in [-0.39, 0.29) is 24.7 Å². The fraction of sp³-hybridized carbons (Fsp3) is 0.160. The SMILES string of the molecule is O=C(CCCC(=O)Nc1ccc(Br)cc1)N/N=C\c1ccc(OCc2ccccc2)cc1. The number of anilines is 1. The molecule has 7 heteroatoms. The van der Waals surface area contributed by atoms with E-state index in [4.69, 9.17) is 4.74 Å². The Hall–Kier alpha value is -3.45. The Labute approximate surface area is 195 Å². The first-order valence-electron chi connectivity index (χ1n) is 10.2. The molecule has 6 nitrogen and oxygen atoms in total. The second-order valence-electron chi connectivity index (χ2n) is 7.05. The van der Waals surface area contributed by atoms with Crippen molar-refractivity contribution in [2.75, 3.05) is 5.32 Å². The highest BCUT2D eigenvalue weighted by atomic mass is 79.9. The first kappa shape index (κ1) is 23.2. The first-order valence-corrected chi connectivity index (χ1v) is 11.0. The number of rotatable bonds is 10. The van der Waals surface area contributed by atoms with Crippen LogP contribution in [-0.4, -0.2) is 18.0 Å². The minimum absolute atomic E-state index is 0.127. The Morgan fingerprint density at radius 1 is 0.875 bits per heavy atom. The monoisotopic (exact) mass is 493 g/mol. The van der Waals surface area contributed by atoms with Crippen LogP contribution in [0.2, 0.25) is 0 Å². The van der Waals surface area contributed by atoms with Crippen LogP contribution in [0.3, 0.4) is 0 Å². The number of halogens is 1. The molecule has 0 aromatic heterocycles. The van der Waals surface area contributed by atoms with Crippen LogP contribution >= 0.6 is 15.9 Å². The van der Waals surface area contributed by atoms with E-state index in [1.165, 1.54) is 0 Å². The van der Waals surface area contributed by atoms with E-state index in [9.17, 15) is 9.59 Å². The zero-order chi connectivity index (χ0) is 22.6. The predicted molar refractivity (Wildman–Crippen MR) is 130 cm³/mol. The zero-order valence-corrected chi connectivity index (χ0v) is 19.0. The summed E-state index contributed by atoms with van der Waals surface area (Å²) < 4.78 is 6.69. The lowest BCUT2D eigenvalue weighted by atomic mass is 10.2. The molecule has 0 spiro atoms. The lowest BCUT2D eigenvalue weighted by Crippen LogP contribution is -2.18. The van der Waals surface area contributed by atoms with Gasteiger partial charge in [0.05, 0.1) is 6.21 Å². The molecule has 3 aromatic carbocycles. The van der Waals surface area contributed by atoms with Crippen molar-refractivity contribution in [3.63, 3.8) is 0 Å². The van der Waals surface area contributed by atoms with Gasteiger partial charge in [0.2, 0.25) is 11.8 Å². The lowest BCUT2D eigenvalue weighted by Gasteiger charge is -2.06. The van der Waals surface area contributed by atoms with Gasteiger partial charge in [-0.25, -0.2) is 5.43 Å². The number of hydrogen-bond donors (Lipinski definition) is 2. The third-order valence-electron chi connectivity index (χ3n) is 4.47. The van der Waals surface area contributed by atoms with Crippen molar-refractivity contribution >= 4 is 39.6 Å². The molecule has 0 unspecified atom stereocenters. The molecule has 32 heavy (non-hydrogen) atoms. The summed E-state index contributed by atoms with van der Waals surface area (Å²) in [4.78, 5) is 23.8. The van der Waals surface area contributed by atoms with Crippen molar-refractivity contribution in [2.24, 2.45) is 5.10 Å². The summed E-state index contributed by atoms with van der Waals surface area (Å²) in [6.45, 7) is 0.505. The average Bonchev–Trinajstić information content (AvgIpc) is 2.81. The highest BCUT2D eigenvalue weighted by molar-refractivity contribution is 9.10. The number of nitrogens with zero attached hydrogens (tertiary/aromatic N) is 1. The summed E-state index contributed by atoms with van der Waals surface area (Å²) in [6.07, 6.45) is 2.49. The summed E-state index contributed by atoms with van der Waals surface area (Å²) in [7, 11) is 0. The second kappa shape index (κ2) is 12.4. The molecule has 0 saturated heterocycles. The normalized spacial score (nSPS) is 10.7. The fourth-order valence-electron chi connectivity index (χ4n) is 2.79. The molecule has 0 saturated carbocycles. The van der Waals surface area contributed by atoms with E-state index in [2.05, 4.69) is 31.8 Å². The average molecular weight is 494 g/mol. The Balaban J connectivity index is 1.33. The molecule has 0 atom stereocenters. The quantitative estimate of drug-likeness (QED) is 0.297. The van der Waals surface area contributed by atoms with Gasteiger partial charge < -0.3 is 10.1 Å². The number of carbonyl (C=O) groups is 2. The van der Waals surface area contributed by atoms with Crippen molar-refractivity contribution in [2.45, 2.75) is 25.9 Å². The second-order valence-corrected chi connectivity index (χ2v) is 7.96. The van der Waals surface area contributed by atoms with Crippen LogP contribution in [0.25, 0.3) is 0 Å². The minimum Gasteiger partial charge on any atom is -0.489 e. The zero-order valence-electron chi connectivity index (χ0n) is 17.5. The fourth-order valence-corrected chi connectivity index (χ4v) is 3.06. The molecular formula is C25H24BrN3O3. The van der Waals surface area contributed by atoms with Crippen LogP contribution in [0.5, 0.6) is 5.75 Å². The summed E-state index contributed by atoms with van der Waals surface area (Å²) in [5.41, 5.74) is 5.15. The van der Waals surface area contributed by atoms with E-state index < -0.39 is 0 Å². The van der Waals surface area contributed by atoms with Gasteiger partial charge in [0, 0.05) is 23.0 Å². The summed E-state index contributed by atoms with van der Waals surface area (Å²) >= 11 is 3.35. The molecular weight excluding hydrogens is 470 g/mol. The van der Waals surface area contributed by atoms with E-state index in [1.807, 2.05) is 78.9 Å². The number of amides is 2. The van der Waals surface area contributed by atoms with Crippen molar-refractivity contribution < 1.29 is 14.3 Å². The predicted octanol–water partition coefficient (Wildman–Crippen LogP) is 5.29. The Morgan fingerprint density at radius 2 is 1.56 bits per heavy atom. The molecule has 0 heterocycles. The summed E-state index contributed by atoms with van der Waals surface area (Å²) in [5.74, 6) is 0.398. The first-order chi connectivity index (χ1) is 15.6. The van der Waals surface area contributed by atoms with Crippen LogP contribution in [0.1, 0.15) is 30.4 Å². The molecule has 3 aromatic rings. The van der Waals surface area contributed by atoms with Gasteiger partial charge in [0.1, 0.15) is 12.4 Å². The van der Waals surface area contributed by atoms with Crippen molar-refractivity contribution in [3.8, 4) is 5.75 Å². The standard InChI is InChI=1S/C25H24BrN3O3/c26-21-11-13-22(14-12-21)28-24(30)7-4-8-25(31)29-27-17-19-9-15-23(16-10-19)32-18-20-5-2-1-3-6-20/h1-3,5-6,9-17H,4,7-8,18H2,(H,28,30)(H,29,31)/b27-17-. The van der Waals surface area contributed by atoms with Crippen molar-refractivity contribution in [1.82, 2.24) is 5.43 Å². The molecule has 0 fully saturated rings. The van der Waals surface area contributed by atoms with Crippen molar-refractivity contribution in [1.29, 1.82) is 0 Å². The maximum Gasteiger partial charge on any atom is 0.240 e. The molecule has 164 valence electrons. The van der Waals surface area contributed by atoms with Gasteiger partial charge in [-0.2, -0.15) is 5.10 Å². The summed E-state index contributed by atoms with van der Waals surface area (Å²) in [6, 6.07) is 24.7. The van der Waals surface area contributed by atoms with Gasteiger partial charge in [0.15, 0.2) is 0 Å². The number of ether oxygens (including phenoxy) is 1. The highest BCUT2D eigenvalue weighted by Gasteiger charge is 2.05. The number of nitrogens with one attached hydrogen (secondary N) is 2. The van der Waals surface area contributed by atoms with Crippen LogP contribution in [0, 0.1) is 0 Å². The van der Waals surface area contributed by atoms with E-state index in [0.717, 1.165) is 27.0 Å². The topological polar surface area (TPSA) is 79.8 Å². The molecule has 0 radical (unpaired) electrons. The van der Waals surface area contributed by atoms with E-state index in [1.54, 1.807) is 6.21 Å². The van der Waals surface area contributed by atoms with Gasteiger partial charge >= 0.3 is 0 Å². The number of hydrazone groups is 1. The van der Waals surface area contributed by atoms with E-state index >= 15 is 0 Å². The van der Waals surface area contributed by atoms with Crippen molar-refractivity contribution in [3.05, 3.63) is 94.5 Å². The van der Waals surface area contributed by atoms with Crippen LogP contribution in [0.15, 0.2) is 88.4 Å². The van der Waals surface area contributed by atoms with Gasteiger partial charge in [-0.1, -0.05) is 46.3 Å². The molecule has 0 bridgehead atoms. The molecule has 2 amide bonds.